The summed E-state index contributed by atoms with van der Waals surface area (Å²) < 4.78 is 13.5. The van der Waals surface area contributed by atoms with E-state index in [0.29, 0.717) is 11.3 Å². The van der Waals surface area contributed by atoms with Crippen molar-refractivity contribution in [1.82, 2.24) is 15.0 Å². The van der Waals surface area contributed by atoms with Crippen LogP contribution in [0.25, 0.3) is 0 Å². The summed E-state index contributed by atoms with van der Waals surface area (Å²) in [6.07, 6.45) is 6.40. The molecule has 0 amide bonds. The van der Waals surface area contributed by atoms with Crippen LogP contribution in [0.5, 0.6) is 0 Å². The van der Waals surface area contributed by atoms with E-state index in [2.05, 4.69) is 36.6 Å². The monoisotopic (exact) mass is 381 g/mol. The van der Waals surface area contributed by atoms with Crippen LogP contribution in [-0.2, 0) is 0 Å². The number of nitrogen functional groups attached to an aromatic ring is 1. The molecule has 1 aliphatic carbocycles. The fourth-order valence-electron chi connectivity index (χ4n) is 2.33. The molecule has 9 heteroatoms. The Bertz CT molecular complexity index is 965. The third kappa shape index (κ3) is 5.66. The van der Waals surface area contributed by atoms with Gasteiger partial charge in [-0.05, 0) is 30.4 Å². The van der Waals surface area contributed by atoms with E-state index >= 15 is 0 Å². The summed E-state index contributed by atoms with van der Waals surface area (Å²) in [4.78, 5) is 12.9. The van der Waals surface area contributed by atoms with Crippen molar-refractivity contribution in [3.05, 3.63) is 65.7 Å². The summed E-state index contributed by atoms with van der Waals surface area (Å²) in [5.74, 6) is 0.401. The lowest BCUT2D eigenvalue weighted by Crippen LogP contribution is -2.14. The molecule has 8 nitrogen and oxygen atoms in total. The van der Waals surface area contributed by atoms with Gasteiger partial charge in [0.05, 0.1) is 13.2 Å². The summed E-state index contributed by atoms with van der Waals surface area (Å²) in [6.45, 7) is 0.489. The number of nitrogens with one attached hydrogen (secondary N) is 3. The number of nitrogens with two attached hydrogens (primary N) is 1. The van der Waals surface area contributed by atoms with E-state index in [1.165, 1.54) is 6.08 Å². The van der Waals surface area contributed by atoms with Gasteiger partial charge in [0.25, 0.3) is 0 Å². The Kier molecular flexibility index (Phi) is 6.35. The van der Waals surface area contributed by atoms with Crippen molar-refractivity contribution in [2.45, 2.75) is 0 Å². The van der Waals surface area contributed by atoms with Crippen molar-refractivity contribution >= 4 is 29.2 Å². The molecular weight excluding hydrogens is 361 g/mol. The molecule has 0 fully saturated rings. The van der Waals surface area contributed by atoms with E-state index in [0.717, 1.165) is 5.69 Å². The first kappa shape index (κ1) is 19.1. The van der Waals surface area contributed by atoms with Crippen molar-refractivity contribution in [2.24, 2.45) is 0 Å². The molecule has 1 aliphatic rings. The van der Waals surface area contributed by atoms with Crippen molar-refractivity contribution in [1.29, 1.82) is 0 Å². The van der Waals surface area contributed by atoms with Crippen LogP contribution >= 0.6 is 0 Å². The lowest BCUT2D eigenvalue weighted by atomic mass is 10.2. The zero-order valence-corrected chi connectivity index (χ0v) is 15.0. The van der Waals surface area contributed by atoms with Gasteiger partial charge >= 0.3 is 0 Å². The van der Waals surface area contributed by atoms with Gasteiger partial charge in [0.2, 0.25) is 17.8 Å². The number of aliphatic hydroxyl groups is 1. The third-order valence-corrected chi connectivity index (χ3v) is 3.54. The van der Waals surface area contributed by atoms with Gasteiger partial charge < -0.3 is 26.8 Å². The molecule has 0 radical (unpaired) electrons. The predicted molar refractivity (Wildman–Crippen MR) is 108 cm³/mol. The molecule has 0 aliphatic heterocycles. The number of aromatic nitrogens is 3. The maximum atomic E-state index is 13.5. The van der Waals surface area contributed by atoms with Crippen LogP contribution in [0.2, 0.25) is 0 Å². The Labute approximate surface area is 161 Å². The smallest absolute Gasteiger partial charge is 0.233 e. The fourth-order valence-corrected chi connectivity index (χ4v) is 2.33. The maximum Gasteiger partial charge on any atom is 0.233 e. The molecule has 0 spiro atoms. The zero-order chi connectivity index (χ0) is 19.8. The van der Waals surface area contributed by atoms with Crippen LogP contribution in [0.3, 0.4) is 0 Å². The van der Waals surface area contributed by atoms with E-state index in [9.17, 15) is 4.39 Å². The van der Waals surface area contributed by atoms with Crippen molar-refractivity contribution in [3.63, 3.8) is 0 Å². The Morgan fingerprint density at radius 1 is 1.04 bits per heavy atom. The van der Waals surface area contributed by atoms with Gasteiger partial charge in [-0.3, -0.25) is 0 Å². The highest BCUT2D eigenvalue weighted by atomic mass is 19.1. The van der Waals surface area contributed by atoms with Gasteiger partial charge in [0.15, 0.2) is 5.83 Å². The molecule has 3 rings (SSSR count). The number of rotatable bonds is 8. The first-order chi connectivity index (χ1) is 13.6. The number of nitrogens with zero attached hydrogens (tertiary/aromatic N) is 3. The van der Waals surface area contributed by atoms with Gasteiger partial charge in [0, 0.05) is 23.5 Å². The van der Waals surface area contributed by atoms with Crippen LogP contribution < -0.4 is 21.7 Å². The Balaban J connectivity index is 1.80. The molecule has 0 saturated carbocycles. The lowest BCUT2D eigenvalue weighted by Gasteiger charge is -2.11. The predicted octanol–water partition coefficient (Wildman–Crippen LogP) is 2.52. The number of hydrogen-bond acceptors (Lipinski definition) is 8. The summed E-state index contributed by atoms with van der Waals surface area (Å²) in [7, 11) is 0. The molecule has 0 atom stereocenters. The number of anilines is 5. The van der Waals surface area contributed by atoms with Gasteiger partial charge in [-0.2, -0.15) is 19.3 Å². The molecule has 144 valence electrons. The molecule has 0 bridgehead atoms. The Morgan fingerprint density at radius 3 is 2.57 bits per heavy atom. The average Bonchev–Trinajstić information content (AvgIpc) is 2.88. The highest BCUT2D eigenvalue weighted by Crippen LogP contribution is 2.18. The topological polar surface area (TPSA) is 121 Å². The van der Waals surface area contributed by atoms with Crippen LogP contribution in [0.4, 0.5) is 33.6 Å². The van der Waals surface area contributed by atoms with Gasteiger partial charge in [-0.25, -0.2) is 0 Å². The fraction of sp³-hybridized carbons (Fsp3) is 0.158. The zero-order valence-electron chi connectivity index (χ0n) is 15.0. The van der Waals surface area contributed by atoms with Crippen molar-refractivity contribution < 1.29 is 9.50 Å². The molecule has 1 aromatic carbocycles. The van der Waals surface area contributed by atoms with E-state index in [4.69, 9.17) is 10.8 Å². The molecule has 2 aromatic rings. The molecule has 1 aromatic heterocycles. The van der Waals surface area contributed by atoms with Crippen molar-refractivity contribution in [2.75, 3.05) is 41.4 Å². The molecule has 28 heavy (non-hydrogen) atoms. The quantitative estimate of drug-likeness (QED) is 0.349. The normalized spacial score (nSPS) is 12.8. The summed E-state index contributed by atoms with van der Waals surface area (Å²) in [5.41, 5.74) is 10.4. The first-order valence-electron chi connectivity index (χ1n) is 8.59. The van der Waals surface area contributed by atoms with Gasteiger partial charge in [0.1, 0.15) is 0 Å². The highest BCUT2D eigenvalue weighted by molar-refractivity contribution is 5.60. The van der Waals surface area contributed by atoms with Crippen LogP contribution in [0, 0.1) is 0 Å². The van der Waals surface area contributed by atoms with Crippen molar-refractivity contribution in [3.8, 4) is 0 Å². The molecule has 1 heterocycles. The second-order valence-corrected chi connectivity index (χ2v) is 5.78. The minimum Gasteiger partial charge on any atom is -0.399 e. The number of hydrogen-bond donors (Lipinski definition) is 5. The number of benzene rings is 1. The number of halogens is 1. The van der Waals surface area contributed by atoms with Gasteiger partial charge in [-0.15, -0.1) is 0 Å². The van der Waals surface area contributed by atoms with Crippen LogP contribution in [-0.4, -0.2) is 39.8 Å². The molecule has 0 unspecified atom stereocenters. The highest BCUT2D eigenvalue weighted by Gasteiger charge is 2.08. The van der Waals surface area contributed by atoms with Crippen LogP contribution in [0.1, 0.15) is 0 Å². The van der Waals surface area contributed by atoms with E-state index in [-0.39, 0.29) is 37.5 Å². The standard InChI is InChI=1S/C19H20FN7O/c20-14-5-2-1-4-13(10-14)12-23-18-25-17(22-8-9-28)26-19(27-18)24-16-7-3-6-15(21)11-16/h1-7,11,28H,8-9,12,21H2,(H3,22,23,24,25,26,27). The second-order valence-electron chi connectivity index (χ2n) is 5.78. The SMILES string of the molecule is Nc1cccc(Nc2nc(NCCO)nc(NCC3=C=C(F)C=CC=C3)n2)c1. The van der Waals surface area contributed by atoms with Gasteiger partial charge in [-0.1, -0.05) is 23.9 Å². The molecular formula is C19H20FN7O. The Hall–Kier alpha value is -3.68. The summed E-state index contributed by atoms with van der Waals surface area (Å²) >= 11 is 0. The third-order valence-electron chi connectivity index (χ3n) is 3.54. The van der Waals surface area contributed by atoms with E-state index < -0.39 is 5.83 Å². The number of aliphatic hydroxyl groups excluding tert-OH is 1. The average molecular weight is 381 g/mol. The number of allylic oxidation sites excluding steroid dienone is 3. The maximum absolute atomic E-state index is 13.5. The van der Waals surface area contributed by atoms with Crippen LogP contribution in [0.15, 0.2) is 65.7 Å². The summed E-state index contributed by atoms with van der Waals surface area (Å²) in [5, 5.41) is 18.0. The second kappa shape index (κ2) is 9.31. The first-order valence-corrected chi connectivity index (χ1v) is 8.59. The Morgan fingerprint density at radius 2 is 1.79 bits per heavy atom. The van der Waals surface area contributed by atoms with E-state index in [1.54, 1.807) is 30.4 Å². The lowest BCUT2D eigenvalue weighted by molar-refractivity contribution is 0.311. The largest absolute Gasteiger partial charge is 0.399 e. The minimum absolute atomic E-state index is 0.0683. The van der Waals surface area contributed by atoms with E-state index in [1.807, 2.05) is 12.1 Å². The molecule has 0 saturated heterocycles. The minimum atomic E-state index is -0.452. The molecule has 6 N–H and O–H groups in total. The summed E-state index contributed by atoms with van der Waals surface area (Å²) in [6, 6.07) is 7.16.